The standard InChI is InChI=1S/C12H13I2NO/c13-11(14)10-7-6-9(12(16)15-10)8-4-2-1-3-5-8/h1-5,9-11H,6-7H2,(H,15,16)/t9-,10-/m0/s1. The number of carbonyl (C=O) groups excluding carboxylic acids is 1. The summed E-state index contributed by atoms with van der Waals surface area (Å²) in [5.74, 6) is 0.227. The van der Waals surface area contributed by atoms with E-state index in [4.69, 9.17) is 0 Å². The molecule has 2 nitrogen and oxygen atoms in total. The third-order valence-electron chi connectivity index (χ3n) is 2.92. The van der Waals surface area contributed by atoms with E-state index in [1.807, 2.05) is 30.3 Å². The van der Waals surface area contributed by atoms with Crippen molar-refractivity contribution in [3.8, 4) is 0 Å². The maximum atomic E-state index is 12.0. The molecule has 2 atom stereocenters. The van der Waals surface area contributed by atoms with E-state index in [1.165, 1.54) is 0 Å². The molecule has 0 aliphatic carbocycles. The second kappa shape index (κ2) is 5.66. The van der Waals surface area contributed by atoms with Crippen LogP contribution in [0, 0.1) is 0 Å². The highest BCUT2D eigenvalue weighted by Gasteiger charge is 2.31. The summed E-state index contributed by atoms with van der Waals surface area (Å²) >= 11 is 4.73. The van der Waals surface area contributed by atoms with E-state index in [-0.39, 0.29) is 11.8 Å². The lowest BCUT2D eigenvalue weighted by molar-refractivity contribution is -0.124. The summed E-state index contributed by atoms with van der Waals surface area (Å²) in [4.78, 5) is 12.0. The van der Waals surface area contributed by atoms with Gasteiger partial charge in [0.2, 0.25) is 5.91 Å². The molecule has 0 bridgehead atoms. The predicted molar refractivity (Wildman–Crippen MR) is 82.2 cm³/mol. The molecular formula is C12H13I2NO. The van der Waals surface area contributed by atoms with E-state index >= 15 is 0 Å². The average Bonchev–Trinajstić information content (AvgIpc) is 2.30. The molecule has 0 unspecified atom stereocenters. The smallest absolute Gasteiger partial charge is 0.227 e. The van der Waals surface area contributed by atoms with Crippen LogP contribution in [-0.4, -0.2) is 13.9 Å². The molecule has 1 saturated heterocycles. The minimum atomic E-state index is 0.0454. The van der Waals surface area contributed by atoms with Crippen LogP contribution in [0.15, 0.2) is 30.3 Å². The van der Waals surface area contributed by atoms with Gasteiger partial charge in [-0.3, -0.25) is 4.79 Å². The van der Waals surface area contributed by atoms with Crippen LogP contribution in [0.3, 0.4) is 0 Å². The summed E-state index contributed by atoms with van der Waals surface area (Å²) in [6.45, 7) is 0. The van der Waals surface area contributed by atoms with Crippen LogP contribution in [0.1, 0.15) is 24.3 Å². The lowest BCUT2D eigenvalue weighted by Crippen LogP contribution is -2.45. The second-order valence-electron chi connectivity index (χ2n) is 3.99. The first-order valence-electron chi connectivity index (χ1n) is 5.32. The van der Waals surface area contributed by atoms with Crippen molar-refractivity contribution in [3.63, 3.8) is 0 Å². The summed E-state index contributed by atoms with van der Waals surface area (Å²) in [6.07, 6.45) is 2.03. The molecule has 0 saturated carbocycles. The summed E-state index contributed by atoms with van der Waals surface area (Å²) in [5.41, 5.74) is 1.14. The quantitative estimate of drug-likeness (QED) is 0.555. The zero-order valence-electron chi connectivity index (χ0n) is 8.70. The average molecular weight is 441 g/mol. The van der Waals surface area contributed by atoms with Crippen LogP contribution in [0.25, 0.3) is 0 Å². The molecule has 0 aromatic heterocycles. The minimum absolute atomic E-state index is 0.0454. The van der Waals surface area contributed by atoms with E-state index in [9.17, 15) is 4.79 Å². The second-order valence-corrected chi connectivity index (χ2v) is 9.06. The molecule has 1 aliphatic rings. The third-order valence-corrected chi connectivity index (χ3v) is 4.65. The number of nitrogens with one attached hydrogen (secondary N) is 1. The first kappa shape index (κ1) is 12.6. The molecule has 2 rings (SSSR count). The van der Waals surface area contributed by atoms with Gasteiger partial charge in [-0.05, 0) is 18.4 Å². The van der Waals surface area contributed by atoms with Gasteiger partial charge in [-0.2, -0.15) is 0 Å². The van der Waals surface area contributed by atoms with Crippen molar-refractivity contribution in [2.24, 2.45) is 0 Å². The fourth-order valence-electron chi connectivity index (χ4n) is 2.03. The van der Waals surface area contributed by atoms with E-state index in [1.54, 1.807) is 0 Å². The normalized spacial score (nSPS) is 25.6. The molecule has 1 fully saturated rings. The van der Waals surface area contributed by atoms with Crippen LogP contribution in [0.2, 0.25) is 0 Å². The fraction of sp³-hybridized carbons (Fsp3) is 0.417. The zero-order valence-corrected chi connectivity index (χ0v) is 13.0. The number of benzene rings is 1. The molecule has 16 heavy (non-hydrogen) atoms. The van der Waals surface area contributed by atoms with Gasteiger partial charge >= 0.3 is 0 Å². The monoisotopic (exact) mass is 441 g/mol. The van der Waals surface area contributed by atoms with Gasteiger partial charge in [-0.15, -0.1) is 0 Å². The SMILES string of the molecule is O=C1N[C@H](C(I)I)CC[C@H]1c1ccccc1. The van der Waals surface area contributed by atoms with E-state index in [0.717, 1.165) is 18.4 Å². The van der Waals surface area contributed by atoms with Gasteiger partial charge in [0.1, 0.15) is 0 Å². The summed E-state index contributed by atoms with van der Waals surface area (Å²) in [5, 5.41) is 3.11. The Morgan fingerprint density at radius 2 is 1.88 bits per heavy atom. The number of rotatable bonds is 2. The molecule has 1 aliphatic heterocycles. The van der Waals surface area contributed by atoms with Gasteiger partial charge < -0.3 is 5.32 Å². The Bertz CT molecular complexity index is 367. The van der Waals surface area contributed by atoms with Crippen molar-refractivity contribution < 1.29 is 4.79 Å². The van der Waals surface area contributed by atoms with Crippen LogP contribution in [0.5, 0.6) is 0 Å². The van der Waals surface area contributed by atoms with Crippen LogP contribution in [0.4, 0.5) is 0 Å². The van der Waals surface area contributed by atoms with E-state index < -0.39 is 0 Å². The Morgan fingerprint density at radius 1 is 1.19 bits per heavy atom. The molecule has 0 radical (unpaired) electrons. The Balaban J connectivity index is 2.08. The zero-order chi connectivity index (χ0) is 11.5. The minimum Gasteiger partial charge on any atom is -0.351 e. The van der Waals surface area contributed by atoms with Crippen molar-refractivity contribution in [3.05, 3.63) is 35.9 Å². The van der Waals surface area contributed by atoms with Crippen molar-refractivity contribution in [1.82, 2.24) is 5.32 Å². The summed E-state index contributed by atoms with van der Waals surface area (Å²) in [7, 11) is 0. The Morgan fingerprint density at radius 3 is 2.44 bits per heavy atom. The van der Waals surface area contributed by atoms with Crippen molar-refractivity contribution in [2.45, 2.75) is 26.7 Å². The highest BCUT2D eigenvalue weighted by molar-refractivity contribution is 14.2. The van der Waals surface area contributed by atoms with Crippen LogP contribution < -0.4 is 5.32 Å². The van der Waals surface area contributed by atoms with Gasteiger partial charge in [0.05, 0.1) is 7.85 Å². The molecule has 1 heterocycles. The molecule has 86 valence electrons. The molecule has 1 amide bonds. The van der Waals surface area contributed by atoms with Crippen molar-refractivity contribution >= 4 is 51.1 Å². The lowest BCUT2D eigenvalue weighted by atomic mass is 9.88. The van der Waals surface area contributed by atoms with Crippen LogP contribution in [-0.2, 0) is 4.79 Å². The Kier molecular flexibility index (Phi) is 4.46. The topological polar surface area (TPSA) is 29.1 Å². The molecular weight excluding hydrogens is 428 g/mol. The van der Waals surface area contributed by atoms with E-state index in [2.05, 4.69) is 50.5 Å². The molecule has 1 aromatic carbocycles. The summed E-state index contributed by atoms with van der Waals surface area (Å²) < 4.78 is 0.468. The first-order chi connectivity index (χ1) is 7.68. The fourth-order valence-corrected chi connectivity index (χ4v) is 3.10. The highest BCUT2D eigenvalue weighted by atomic mass is 127. The highest BCUT2D eigenvalue weighted by Crippen LogP contribution is 2.30. The van der Waals surface area contributed by atoms with Gasteiger partial charge in [0, 0.05) is 6.04 Å². The maximum absolute atomic E-state index is 12.0. The number of alkyl halides is 2. The first-order valence-corrected chi connectivity index (χ1v) is 7.81. The Hall–Kier alpha value is 0.150. The third kappa shape index (κ3) is 2.88. The van der Waals surface area contributed by atoms with Gasteiger partial charge in [0.15, 0.2) is 0 Å². The number of hydrogen-bond donors (Lipinski definition) is 1. The maximum Gasteiger partial charge on any atom is 0.227 e. The molecule has 1 aromatic rings. The van der Waals surface area contributed by atoms with Gasteiger partial charge in [-0.25, -0.2) is 0 Å². The lowest BCUT2D eigenvalue weighted by Gasteiger charge is -2.30. The number of hydrogen-bond acceptors (Lipinski definition) is 1. The number of halogens is 2. The molecule has 4 heteroatoms. The predicted octanol–water partition coefficient (Wildman–Crippen LogP) is 3.24. The van der Waals surface area contributed by atoms with Crippen LogP contribution >= 0.6 is 45.2 Å². The number of piperidine rings is 1. The van der Waals surface area contributed by atoms with Gasteiger partial charge in [0.25, 0.3) is 0 Å². The molecule has 0 spiro atoms. The Labute approximate surface area is 123 Å². The summed E-state index contributed by atoms with van der Waals surface area (Å²) in [6, 6.07) is 10.4. The van der Waals surface area contributed by atoms with Crippen molar-refractivity contribution in [1.29, 1.82) is 0 Å². The van der Waals surface area contributed by atoms with E-state index in [0.29, 0.717) is 7.97 Å². The molecule has 1 N–H and O–H groups in total. The number of carbonyl (C=O) groups is 1. The number of amides is 1. The van der Waals surface area contributed by atoms with Crippen molar-refractivity contribution in [2.75, 3.05) is 0 Å². The largest absolute Gasteiger partial charge is 0.351 e. The van der Waals surface area contributed by atoms with Gasteiger partial charge in [-0.1, -0.05) is 75.5 Å².